The van der Waals surface area contributed by atoms with Gasteiger partial charge in [-0.3, -0.25) is 4.79 Å². The number of methoxy groups -OCH3 is 1. The Hall–Kier alpha value is -2.80. The smallest absolute Gasteiger partial charge is 0.262 e. The third kappa shape index (κ3) is 6.35. The average Bonchev–Trinajstić information content (AvgIpc) is 3.13. The number of carbonyl (C=O) groups is 1. The molecular weight excluding hydrogens is 436 g/mol. The summed E-state index contributed by atoms with van der Waals surface area (Å²) in [7, 11) is 1.59. The lowest BCUT2D eigenvalue weighted by Gasteiger charge is -2.12. The van der Waals surface area contributed by atoms with Gasteiger partial charge in [-0.15, -0.1) is 0 Å². The first-order valence-electron chi connectivity index (χ1n) is 9.31. The topological polar surface area (TPSA) is 73.6 Å². The van der Waals surface area contributed by atoms with Gasteiger partial charge in [-0.1, -0.05) is 27.2 Å². The Morgan fingerprint density at radius 3 is 2.59 bits per heavy atom. The molecule has 1 N–H and O–H groups in total. The predicted octanol–water partition coefficient (Wildman–Crippen LogP) is 4.95. The Morgan fingerprint density at radius 1 is 1.10 bits per heavy atom. The van der Waals surface area contributed by atoms with Gasteiger partial charge in [0.25, 0.3) is 5.91 Å². The third-order valence-electron chi connectivity index (χ3n) is 4.29. The van der Waals surface area contributed by atoms with Crippen molar-refractivity contribution in [2.75, 3.05) is 19.0 Å². The molecule has 0 aliphatic carbocycles. The Kier molecular flexibility index (Phi) is 7.30. The highest BCUT2D eigenvalue weighted by atomic mass is 79.9. The van der Waals surface area contributed by atoms with E-state index in [0.717, 1.165) is 40.8 Å². The number of anilines is 1. The lowest BCUT2D eigenvalue weighted by molar-refractivity contribution is -0.118. The highest BCUT2D eigenvalue weighted by Gasteiger charge is 2.10. The molecule has 6 nitrogen and oxygen atoms in total. The van der Waals surface area contributed by atoms with Crippen molar-refractivity contribution in [3.8, 4) is 11.5 Å². The van der Waals surface area contributed by atoms with E-state index in [4.69, 9.17) is 14.0 Å². The van der Waals surface area contributed by atoms with E-state index in [-0.39, 0.29) is 12.5 Å². The van der Waals surface area contributed by atoms with Crippen molar-refractivity contribution in [3.05, 3.63) is 70.0 Å². The van der Waals surface area contributed by atoms with E-state index in [1.165, 1.54) is 0 Å². The maximum absolute atomic E-state index is 12.1. The van der Waals surface area contributed by atoms with E-state index in [0.29, 0.717) is 17.2 Å². The zero-order valence-corrected chi connectivity index (χ0v) is 18.0. The van der Waals surface area contributed by atoms with Crippen molar-refractivity contribution in [3.63, 3.8) is 0 Å². The van der Waals surface area contributed by atoms with Crippen LogP contribution in [0.15, 0.2) is 57.5 Å². The molecule has 0 aliphatic heterocycles. The van der Waals surface area contributed by atoms with E-state index in [1.807, 2.05) is 55.5 Å². The van der Waals surface area contributed by atoms with Crippen molar-refractivity contribution >= 4 is 27.5 Å². The summed E-state index contributed by atoms with van der Waals surface area (Å²) in [6, 6.07) is 15.1. The molecule has 0 aliphatic rings. The normalized spacial score (nSPS) is 10.6. The lowest BCUT2D eigenvalue weighted by atomic mass is 10.1. The predicted molar refractivity (Wildman–Crippen MR) is 115 cm³/mol. The summed E-state index contributed by atoms with van der Waals surface area (Å²) < 4.78 is 17.1. The summed E-state index contributed by atoms with van der Waals surface area (Å²) in [5, 5.41) is 6.80. The second kappa shape index (κ2) is 10.1. The van der Waals surface area contributed by atoms with Crippen LogP contribution in [-0.4, -0.2) is 24.8 Å². The van der Waals surface area contributed by atoms with Gasteiger partial charge in [0.15, 0.2) is 18.1 Å². The largest absolute Gasteiger partial charge is 0.493 e. The number of aromatic nitrogens is 1. The molecule has 3 rings (SSSR count). The number of carbonyl (C=O) groups excluding carboxylic acids is 1. The van der Waals surface area contributed by atoms with Crippen LogP contribution >= 0.6 is 15.9 Å². The van der Waals surface area contributed by atoms with Crippen molar-refractivity contribution < 1.29 is 18.8 Å². The lowest BCUT2D eigenvalue weighted by Crippen LogP contribution is -2.20. The van der Waals surface area contributed by atoms with Gasteiger partial charge in [0.2, 0.25) is 0 Å². The fourth-order valence-corrected chi connectivity index (χ4v) is 3.13. The molecule has 29 heavy (non-hydrogen) atoms. The fraction of sp³-hybridized carbons (Fsp3) is 0.273. The molecule has 1 heterocycles. The Labute approximate surface area is 178 Å². The zero-order chi connectivity index (χ0) is 20.6. The standard InChI is InChI=1S/C22H23BrN2O4/c1-15-12-19(25-29-15)5-3-4-16-6-11-20(21(13-16)27-2)28-14-22(26)24-18-9-7-17(23)8-10-18/h6-13H,3-5,14H2,1-2H3,(H,24,26). The molecule has 0 spiro atoms. The number of halogens is 1. The second-order valence-electron chi connectivity index (χ2n) is 6.61. The summed E-state index contributed by atoms with van der Waals surface area (Å²) in [6.45, 7) is 1.79. The highest BCUT2D eigenvalue weighted by Crippen LogP contribution is 2.28. The summed E-state index contributed by atoms with van der Waals surface area (Å²) in [4.78, 5) is 12.1. The van der Waals surface area contributed by atoms with Gasteiger partial charge < -0.3 is 19.3 Å². The number of hydrogen-bond donors (Lipinski definition) is 1. The molecule has 0 saturated carbocycles. The Bertz CT molecular complexity index is 954. The van der Waals surface area contributed by atoms with Crippen LogP contribution in [0.2, 0.25) is 0 Å². The van der Waals surface area contributed by atoms with Gasteiger partial charge in [-0.25, -0.2) is 0 Å². The molecule has 0 saturated heterocycles. The number of benzene rings is 2. The first-order chi connectivity index (χ1) is 14.0. The molecule has 0 atom stereocenters. The minimum absolute atomic E-state index is 0.0999. The van der Waals surface area contributed by atoms with Gasteiger partial charge in [0, 0.05) is 16.2 Å². The molecule has 0 bridgehead atoms. The van der Waals surface area contributed by atoms with Crippen LogP contribution in [0.5, 0.6) is 11.5 Å². The highest BCUT2D eigenvalue weighted by molar-refractivity contribution is 9.10. The molecular formula is C22H23BrN2O4. The quantitative estimate of drug-likeness (QED) is 0.491. The zero-order valence-electron chi connectivity index (χ0n) is 16.4. The first-order valence-corrected chi connectivity index (χ1v) is 10.1. The third-order valence-corrected chi connectivity index (χ3v) is 4.82. The Balaban J connectivity index is 1.51. The molecule has 1 aromatic heterocycles. The number of hydrogen-bond acceptors (Lipinski definition) is 5. The van der Waals surface area contributed by atoms with Crippen molar-refractivity contribution in [1.82, 2.24) is 5.16 Å². The first kappa shape index (κ1) is 20.9. The number of rotatable bonds is 9. The molecule has 0 radical (unpaired) electrons. The van der Waals surface area contributed by atoms with Gasteiger partial charge in [0.05, 0.1) is 12.8 Å². The van der Waals surface area contributed by atoms with E-state index >= 15 is 0 Å². The molecule has 0 unspecified atom stereocenters. The minimum atomic E-state index is -0.235. The number of nitrogens with one attached hydrogen (secondary N) is 1. The van der Waals surface area contributed by atoms with Crippen LogP contribution in [0, 0.1) is 6.92 Å². The summed E-state index contributed by atoms with van der Waals surface area (Å²) in [5.41, 5.74) is 2.81. The number of amides is 1. The monoisotopic (exact) mass is 458 g/mol. The average molecular weight is 459 g/mol. The molecule has 7 heteroatoms. The van der Waals surface area contributed by atoms with Gasteiger partial charge in [-0.2, -0.15) is 0 Å². The van der Waals surface area contributed by atoms with E-state index in [9.17, 15) is 4.79 Å². The van der Waals surface area contributed by atoms with Crippen molar-refractivity contribution in [2.45, 2.75) is 26.2 Å². The molecule has 3 aromatic rings. The molecule has 0 fully saturated rings. The van der Waals surface area contributed by atoms with Crippen LogP contribution in [-0.2, 0) is 17.6 Å². The van der Waals surface area contributed by atoms with E-state index in [2.05, 4.69) is 26.4 Å². The Morgan fingerprint density at radius 2 is 1.90 bits per heavy atom. The van der Waals surface area contributed by atoms with E-state index < -0.39 is 0 Å². The van der Waals surface area contributed by atoms with Crippen molar-refractivity contribution in [2.24, 2.45) is 0 Å². The number of nitrogens with zero attached hydrogens (tertiary/aromatic N) is 1. The summed E-state index contributed by atoms with van der Waals surface area (Å²) in [6.07, 6.45) is 2.69. The summed E-state index contributed by atoms with van der Waals surface area (Å²) >= 11 is 3.36. The SMILES string of the molecule is COc1cc(CCCc2cc(C)on2)ccc1OCC(=O)Nc1ccc(Br)cc1. The van der Waals surface area contributed by atoms with Gasteiger partial charge in [0.1, 0.15) is 5.76 Å². The van der Waals surface area contributed by atoms with Crippen LogP contribution < -0.4 is 14.8 Å². The molecule has 1 amide bonds. The van der Waals surface area contributed by atoms with Crippen LogP contribution in [0.1, 0.15) is 23.4 Å². The van der Waals surface area contributed by atoms with Crippen LogP contribution in [0.25, 0.3) is 0 Å². The van der Waals surface area contributed by atoms with Gasteiger partial charge >= 0.3 is 0 Å². The van der Waals surface area contributed by atoms with E-state index in [1.54, 1.807) is 7.11 Å². The maximum atomic E-state index is 12.1. The molecule has 152 valence electrons. The second-order valence-corrected chi connectivity index (χ2v) is 7.53. The minimum Gasteiger partial charge on any atom is -0.493 e. The van der Waals surface area contributed by atoms with Crippen molar-refractivity contribution in [1.29, 1.82) is 0 Å². The van der Waals surface area contributed by atoms with Crippen LogP contribution in [0.4, 0.5) is 5.69 Å². The fourth-order valence-electron chi connectivity index (χ4n) is 2.87. The summed E-state index contributed by atoms with van der Waals surface area (Å²) in [5.74, 6) is 1.74. The van der Waals surface area contributed by atoms with Crippen LogP contribution in [0.3, 0.4) is 0 Å². The number of ether oxygens (including phenoxy) is 2. The number of aryl methyl sites for hydroxylation is 3. The van der Waals surface area contributed by atoms with Gasteiger partial charge in [-0.05, 0) is 68.1 Å². The maximum Gasteiger partial charge on any atom is 0.262 e. The molecule has 2 aromatic carbocycles.